The Morgan fingerprint density at radius 3 is 2.46 bits per heavy atom. The van der Waals surface area contributed by atoms with Gasteiger partial charge < -0.3 is 24.6 Å². The van der Waals surface area contributed by atoms with Gasteiger partial charge in [-0.3, -0.25) is 0 Å². The number of nitrogens with zero attached hydrogens (tertiary/aromatic N) is 4. The van der Waals surface area contributed by atoms with Gasteiger partial charge in [0.25, 0.3) is 0 Å². The van der Waals surface area contributed by atoms with Gasteiger partial charge in [0, 0.05) is 43.7 Å². The Hall–Kier alpha value is -2.77. The maximum Gasteiger partial charge on any atom is 0.317 e. The Bertz CT molecular complexity index is 820. The first-order valence-corrected chi connectivity index (χ1v) is 8.87. The third kappa shape index (κ3) is 2.85. The summed E-state index contributed by atoms with van der Waals surface area (Å²) in [5, 5.41) is 3.83. The van der Waals surface area contributed by atoms with Gasteiger partial charge in [-0.2, -0.15) is 0 Å². The van der Waals surface area contributed by atoms with Gasteiger partial charge in [-0.1, -0.05) is 0 Å². The first kappa shape index (κ1) is 16.7. The highest BCUT2D eigenvalue weighted by Gasteiger charge is 2.31. The molecule has 0 atom stereocenters. The molecule has 3 heterocycles. The SMILES string of the molecule is COc1cc2ncnc(N3CCC(N4CCNC4=O)CC3)c2cc1OC. The standard InChI is InChI=1S/C18H23N5O3/c1-25-15-9-13-14(10-16(15)26-2)20-11-21-17(13)22-6-3-12(4-7-22)23-8-5-19-18(23)24/h9-12H,3-8H2,1-2H3,(H,19,24). The number of piperidine rings is 1. The molecule has 2 aliphatic heterocycles. The zero-order chi connectivity index (χ0) is 18.1. The summed E-state index contributed by atoms with van der Waals surface area (Å²) in [5.41, 5.74) is 0.827. The van der Waals surface area contributed by atoms with Crippen LogP contribution in [-0.4, -0.2) is 67.3 Å². The number of benzene rings is 1. The maximum absolute atomic E-state index is 11.9. The number of anilines is 1. The summed E-state index contributed by atoms with van der Waals surface area (Å²) < 4.78 is 10.8. The number of nitrogens with one attached hydrogen (secondary N) is 1. The number of hydrogen-bond donors (Lipinski definition) is 1. The van der Waals surface area contributed by atoms with E-state index in [9.17, 15) is 4.79 Å². The van der Waals surface area contributed by atoms with Crippen LogP contribution in [0.1, 0.15) is 12.8 Å². The molecule has 0 aliphatic carbocycles. The fourth-order valence-electron chi connectivity index (χ4n) is 3.85. The van der Waals surface area contributed by atoms with Crippen LogP contribution in [0.2, 0.25) is 0 Å². The number of urea groups is 1. The summed E-state index contributed by atoms with van der Waals surface area (Å²) in [7, 11) is 3.24. The van der Waals surface area contributed by atoms with Gasteiger partial charge in [-0.05, 0) is 18.9 Å². The van der Waals surface area contributed by atoms with Crippen molar-refractivity contribution in [1.29, 1.82) is 0 Å². The molecule has 1 aromatic carbocycles. The van der Waals surface area contributed by atoms with Crippen LogP contribution in [0.15, 0.2) is 18.5 Å². The van der Waals surface area contributed by atoms with E-state index >= 15 is 0 Å². The van der Waals surface area contributed by atoms with Crippen molar-refractivity contribution in [1.82, 2.24) is 20.2 Å². The molecule has 0 bridgehead atoms. The number of hydrogen-bond acceptors (Lipinski definition) is 6. The van der Waals surface area contributed by atoms with Crippen molar-refractivity contribution in [2.75, 3.05) is 45.3 Å². The van der Waals surface area contributed by atoms with Gasteiger partial charge in [-0.15, -0.1) is 0 Å². The van der Waals surface area contributed by atoms with E-state index in [0.29, 0.717) is 17.5 Å². The predicted octanol–water partition coefficient (Wildman–Crippen LogP) is 1.64. The lowest BCUT2D eigenvalue weighted by atomic mass is 10.0. The minimum Gasteiger partial charge on any atom is -0.493 e. The Morgan fingerprint density at radius 1 is 1.08 bits per heavy atom. The second-order valence-corrected chi connectivity index (χ2v) is 6.57. The molecule has 138 valence electrons. The second kappa shape index (κ2) is 6.86. The highest BCUT2D eigenvalue weighted by Crippen LogP contribution is 2.35. The topological polar surface area (TPSA) is 79.8 Å². The van der Waals surface area contributed by atoms with Gasteiger partial charge in [0.2, 0.25) is 0 Å². The van der Waals surface area contributed by atoms with Crippen LogP contribution < -0.4 is 19.7 Å². The van der Waals surface area contributed by atoms with E-state index in [1.54, 1.807) is 20.5 Å². The van der Waals surface area contributed by atoms with Gasteiger partial charge in [-0.25, -0.2) is 14.8 Å². The summed E-state index contributed by atoms with van der Waals surface area (Å²) in [6.45, 7) is 3.26. The number of amides is 2. The van der Waals surface area contributed by atoms with Crippen molar-refractivity contribution in [3.63, 3.8) is 0 Å². The zero-order valence-corrected chi connectivity index (χ0v) is 15.1. The number of rotatable bonds is 4. The molecule has 8 heteroatoms. The highest BCUT2D eigenvalue weighted by atomic mass is 16.5. The Morgan fingerprint density at radius 2 is 1.81 bits per heavy atom. The second-order valence-electron chi connectivity index (χ2n) is 6.57. The first-order chi connectivity index (χ1) is 12.7. The molecule has 1 N–H and O–H groups in total. The molecule has 2 fully saturated rings. The lowest BCUT2D eigenvalue weighted by Crippen LogP contribution is -2.46. The van der Waals surface area contributed by atoms with Crippen molar-refractivity contribution in [3.8, 4) is 11.5 Å². The molecule has 1 aromatic heterocycles. The molecule has 26 heavy (non-hydrogen) atoms. The van der Waals surface area contributed by atoms with Gasteiger partial charge in [0.05, 0.1) is 19.7 Å². The first-order valence-electron chi connectivity index (χ1n) is 8.87. The summed E-state index contributed by atoms with van der Waals surface area (Å²) in [4.78, 5) is 25.0. The Balaban J connectivity index is 1.58. The van der Waals surface area contributed by atoms with Crippen molar-refractivity contribution in [2.45, 2.75) is 18.9 Å². The smallest absolute Gasteiger partial charge is 0.317 e. The van der Waals surface area contributed by atoms with Crippen molar-refractivity contribution in [3.05, 3.63) is 18.5 Å². The molecule has 0 unspecified atom stereocenters. The minimum absolute atomic E-state index is 0.0627. The summed E-state index contributed by atoms with van der Waals surface area (Å²) in [5.74, 6) is 2.23. The lowest BCUT2D eigenvalue weighted by Gasteiger charge is -2.37. The largest absolute Gasteiger partial charge is 0.493 e. The number of carbonyl (C=O) groups is 1. The summed E-state index contributed by atoms with van der Waals surface area (Å²) in [6, 6.07) is 4.17. The number of carbonyl (C=O) groups excluding carboxylic acids is 1. The molecule has 0 radical (unpaired) electrons. The fourth-order valence-corrected chi connectivity index (χ4v) is 3.85. The lowest BCUT2D eigenvalue weighted by molar-refractivity contribution is 0.186. The van der Waals surface area contributed by atoms with E-state index in [-0.39, 0.29) is 6.03 Å². The quantitative estimate of drug-likeness (QED) is 0.896. The average Bonchev–Trinajstić information content (AvgIpc) is 3.12. The van der Waals surface area contributed by atoms with Crippen LogP contribution in [0.3, 0.4) is 0 Å². The van der Waals surface area contributed by atoms with Crippen molar-refractivity contribution >= 4 is 22.8 Å². The minimum atomic E-state index is 0.0627. The Kier molecular flexibility index (Phi) is 4.40. The molecule has 4 rings (SSSR count). The molecule has 2 saturated heterocycles. The summed E-state index contributed by atoms with van der Waals surface area (Å²) >= 11 is 0. The average molecular weight is 357 g/mol. The normalized spacial score (nSPS) is 18.3. The van der Waals surface area contributed by atoms with Gasteiger partial charge in [0.15, 0.2) is 11.5 Å². The zero-order valence-electron chi connectivity index (χ0n) is 15.1. The Labute approximate surface area is 152 Å². The van der Waals surface area contributed by atoms with Crippen LogP contribution >= 0.6 is 0 Å². The highest BCUT2D eigenvalue weighted by molar-refractivity contribution is 5.92. The van der Waals surface area contributed by atoms with Crippen LogP contribution in [0.4, 0.5) is 10.6 Å². The van der Waals surface area contributed by atoms with Crippen molar-refractivity contribution in [2.24, 2.45) is 0 Å². The van der Waals surface area contributed by atoms with E-state index in [0.717, 1.165) is 55.7 Å². The summed E-state index contributed by atoms with van der Waals surface area (Å²) in [6.07, 6.45) is 3.46. The molecule has 0 spiro atoms. The molecule has 0 saturated carbocycles. The van der Waals surface area contributed by atoms with Crippen LogP contribution in [-0.2, 0) is 0 Å². The molecule has 8 nitrogen and oxygen atoms in total. The number of methoxy groups -OCH3 is 2. The van der Waals surface area contributed by atoms with E-state index in [1.807, 2.05) is 17.0 Å². The molecular weight excluding hydrogens is 334 g/mol. The number of ether oxygens (including phenoxy) is 2. The fraction of sp³-hybridized carbons (Fsp3) is 0.500. The maximum atomic E-state index is 11.9. The van der Waals surface area contributed by atoms with Crippen LogP contribution in [0.5, 0.6) is 11.5 Å². The molecule has 2 amide bonds. The molecule has 2 aromatic rings. The number of aromatic nitrogens is 2. The molecular formula is C18H23N5O3. The van der Waals surface area contributed by atoms with Crippen LogP contribution in [0, 0.1) is 0 Å². The number of fused-ring (bicyclic) bond motifs is 1. The van der Waals surface area contributed by atoms with Gasteiger partial charge in [0.1, 0.15) is 12.1 Å². The van der Waals surface area contributed by atoms with E-state index in [4.69, 9.17) is 9.47 Å². The van der Waals surface area contributed by atoms with E-state index in [2.05, 4.69) is 20.2 Å². The molecule has 2 aliphatic rings. The third-order valence-electron chi connectivity index (χ3n) is 5.21. The monoisotopic (exact) mass is 357 g/mol. The van der Waals surface area contributed by atoms with Crippen LogP contribution in [0.25, 0.3) is 10.9 Å². The van der Waals surface area contributed by atoms with Crippen molar-refractivity contribution < 1.29 is 14.3 Å². The third-order valence-corrected chi connectivity index (χ3v) is 5.21. The van der Waals surface area contributed by atoms with E-state index in [1.165, 1.54) is 0 Å². The van der Waals surface area contributed by atoms with Gasteiger partial charge >= 0.3 is 6.03 Å². The predicted molar refractivity (Wildman–Crippen MR) is 98.0 cm³/mol. The van der Waals surface area contributed by atoms with E-state index < -0.39 is 0 Å².